The molecule has 0 saturated heterocycles. The Morgan fingerprint density at radius 1 is 1.44 bits per heavy atom. The summed E-state index contributed by atoms with van der Waals surface area (Å²) in [5.74, 6) is 0. The summed E-state index contributed by atoms with van der Waals surface area (Å²) in [5.41, 5.74) is 3.63. The number of hydrogen-bond acceptors (Lipinski definition) is 3. The molecule has 4 heteroatoms. The SMILES string of the molecule is Cc1nn(C)cc1C(C)NCCc1cccnc1. The Kier molecular flexibility index (Phi) is 4.10. The number of nitrogens with zero attached hydrogens (tertiary/aromatic N) is 3. The zero-order chi connectivity index (χ0) is 13.0. The smallest absolute Gasteiger partial charge is 0.0641 e. The summed E-state index contributed by atoms with van der Waals surface area (Å²) in [6, 6.07) is 4.41. The highest BCUT2D eigenvalue weighted by Gasteiger charge is 2.10. The molecule has 1 unspecified atom stereocenters. The van der Waals surface area contributed by atoms with Crippen molar-refractivity contribution in [3.63, 3.8) is 0 Å². The van der Waals surface area contributed by atoms with Crippen molar-refractivity contribution in [3.05, 3.63) is 47.5 Å². The van der Waals surface area contributed by atoms with Crippen molar-refractivity contribution in [2.24, 2.45) is 7.05 Å². The molecule has 0 aliphatic heterocycles. The molecule has 4 nitrogen and oxygen atoms in total. The maximum atomic E-state index is 4.37. The summed E-state index contributed by atoms with van der Waals surface area (Å²) in [5, 5.41) is 7.89. The molecular formula is C14H20N4. The molecule has 0 aromatic carbocycles. The molecular weight excluding hydrogens is 224 g/mol. The average Bonchev–Trinajstić information content (AvgIpc) is 2.70. The maximum absolute atomic E-state index is 4.37. The maximum Gasteiger partial charge on any atom is 0.0641 e. The van der Waals surface area contributed by atoms with E-state index in [2.05, 4.69) is 41.5 Å². The molecule has 2 rings (SSSR count). The van der Waals surface area contributed by atoms with Crippen LogP contribution < -0.4 is 5.32 Å². The second kappa shape index (κ2) is 5.78. The minimum Gasteiger partial charge on any atom is -0.310 e. The third kappa shape index (κ3) is 3.17. The van der Waals surface area contributed by atoms with Gasteiger partial charge >= 0.3 is 0 Å². The minimum absolute atomic E-state index is 0.329. The van der Waals surface area contributed by atoms with Crippen molar-refractivity contribution < 1.29 is 0 Å². The molecule has 0 aliphatic rings. The van der Waals surface area contributed by atoms with Crippen molar-refractivity contribution in [3.8, 4) is 0 Å². The van der Waals surface area contributed by atoms with Gasteiger partial charge in [0.25, 0.3) is 0 Å². The van der Waals surface area contributed by atoms with Gasteiger partial charge in [-0.1, -0.05) is 6.07 Å². The van der Waals surface area contributed by atoms with E-state index in [1.54, 1.807) is 6.20 Å². The van der Waals surface area contributed by atoms with Crippen LogP contribution in [0.2, 0.25) is 0 Å². The van der Waals surface area contributed by atoms with Crippen LogP contribution >= 0.6 is 0 Å². The highest BCUT2D eigenvalue weighted by atomic mass is 15.3. The second-order valence-corrected chi connectivity index (χ2v) is 4.63. The summed E-state index contributed by atoms with van der Waals surface area (Å²) in [6.45, 7) is 5.17. The Morgan fingerprint density at radius 2 is 2.28 bits per heavy atom. The summed E-state index contributed by atoms with van der Waals surface area (Å²) >= 11 is 0. The van der Waals surface area contributed by atoms with Gasteiger partial charge < -0.3 is 5.32 Å². The monoisotopic (exact) mass is 244 g/mol. The normalized spacial score (nSPS) is 12.6. The fraction of sp³-hybridized carbons (Fsp3) is 0.429. The van der Waals surface area contributed by atoms with Crippen molar-refractivity contribution in [2.45, 2.75) is 26.3 Å². The fourth-order valence-corrected chi connectivity index (χ4v) is 2.13. The van der Waals surface area contributed by atoms with Crippen LogP contribution in [-0.2, 0) is 13.5 Å². The van der Waals surface area contributed by atoms with Gasteiger partial charge in [0.2, 0.25) is 0 Å². The van der Waals surface area contributed by atoms with E-state index in [4.69, 9.17) is 0 Å². The van der Waals surface area contributed by atoms with E-state index in [9.17, 15) is 0 Å². The van der Waals surface area contributed by atoms with Crippen LogP contribution in [0.5, 0.6) is 0 Å². The van der Waals surface area contributed by atoms with Crippen LogP contribution in [0.3, 0.4) is 0 Å². The van der Waals surface area contributed by atoms with Gasteiger partial charge in [0.1, 0.15) is 0 Å². The van der Waals surface area contributed by atoms with Crippen molar-refractivity contribution in [2.75, 3.05) is 6.54 Å². The molecule has 0 radical (unpaired) electrons. The number of hydrogen-bond donors (Lipinski definition) is 1. The number of rotatable bonds is 5. The molecule has 0 amide bonds. The lowest BCUT2D eigenvalue weighted by molar-refractivity contribution is 0.574. The second-order valence-electron chi connectivity index (χ2n) is 4.63. The first kappa shape index (κ1) is 12.8. The topological polar surface area (TPSA) is 42.7 Å². The lowest BCUT2D eigenvalue weighted by atomic mass is 10.1. The van der Waals surface area contributed by atoms with Crippen LogP contribution in [0.25, 0.3) is 0 Å². The van der Waals surface area contributed by atoms with E-state index in [-0.39, 0.29) is 0 Å². The fourth-order valence-electron chi connectivity index (χ4n) is 2.13. The molecule has 18 heavy (non-hydrogen) atoms. The van der Waals surface area contributed by atoms with Crippen molar-refractivity contribution in [1.29, 1.82) is 0 Å². The number of pyridine rings is 1. The first-order valence-electron chi connectivity index (χ1n) is 6.29. The Hall–Kier alpha value is -1.68. The quantitative estimate of drug-likeness (QED) is 0.875. The van der Waals surface area contributed by atoms with Crippen molar-refractivity contribution in [1.82, 2.24) is 20.1 Å². The van der Waals surface area contributed by atoms with E-state index in [1.165, 1.54) is 11.1 Å². The summed E-state index contributed by atoms with van der Waals surface area (Å²) < 4.78 is 1.87. The molecule has 1 N–H and O–H groups in total. The number of aryl methyl sites for hydroxylation is 2. The number of nitrogens with one attached hydrogen (secondary N) is 1. The molecule has 96 valence electrons. The Morgan fingerprint density at radius 3 is 2.89 bits per heavy atom. The molecule has 0 fully saturated rings. The summed E-state index contributed by atoms with van der Waals surface area (Å²) in [7, 11) is 1.96. The lowest BCUT2D eigenvalue weighted by Crippen LogP contribution is -2.21. The zero-order valence-electron chi connectivity index (χ0n) is 11.2. The molecule has 0 saturated carbocycles. The van der Waals surface area contributed by atoms with Crippen LogP contribution in [-0.4, -0.2) is 21.3 Å². The summed E-state index contributed by atoms with van der Waals surface area (Å²) in [4.78, 5) is 4.12. The Labute approximate surface area is 108 Å². The van der Waals surface area contributed by atoms with E-state index >= 15 is 0 Å². The van der Waals surface area contributed by atoms with Gasteiger partial charge in [-0.3, -0.25) is 9.67 Å². The van der Waals surface area contributed by atoms with Gasteiger partial charge in [-0.15, -0.1) is 0 Å². The standard InChI is InChI=1S/C14H20N4/c1-11(14-10-18(3)17-12(14)2)16-8-6-13-5-4-7-15-9-13/h4-5,7,9-11,16H,6,8H2,1-3H3. The highest BCUT2D eigenvalue weighted by Crippen LogP contribution is 2.15. The third-order valence-corrected chi connectivity index (χ3v) is 3.10. The largest absolute Gasteiger partial charge is 0.310 e. The van der Waals surface area contributed by atoms with E-state index < -0.39 is 0 Å². The number of aromatic nitrogens is 3. The summed E-state index contributed by atoms with van der Waals surface area (Å²) in [6.07, 6.45) is 6.80. The Bertz CT molecular complexity index is 490. The molecule has 2 aromatic heterocycles. The average molecular weight is 244 g/mol. The van der Waals surface area contributed by atoms with Crippen LogP contribution in [0.1, 0.15) is 29.8 Å². The molecule has 0 bridgehead atoms. The van der Waals surface area contributed by atoms with Crippen LogP contribution in [0.15, 0.2) is 30.7 Å². The van der Waals surface area contributed by atoms with Crippen molar-refractivity contribution >= 4 is 0 Å². The van der Waals surface area contributed by atoms with Gasteiger partial charge in [-0.2, -0.15) is 5.10 Å². The van der Waals surface area contributed by atoms with Gasteiger partial charge in [0, 0.05) is 37.2 Å². The first-order chi connectivity index (χ1) is 8.66. The van der Waals surface area contributed by atoms with Crippen LogP contribution in [0.4, 0.5) is 0 Å². The zero-order valence-corrected chi connectivity index (χ0v) is 11.2. The predicted molar refractivity (Wildman–Crippen MR) is 72.3 cm³/mol. The molecule has 1 atom stereocenters. The molecule has 0 aliphatic carbocycles. The van der Waals surface area contributed by atoms with Gasteiger partial charge in [0.05, 0.1) is 5.69 Å². The van der Waals surface area contributed by atoms with Gasteiger partial charge in [-0.05, 0) is 38.4 Å². The highest BCUT2D eigenvalue weighted by molar-refractivity contribution is 5.19. The van der Waals surface area contributed by atoms with E-state index in [0.717, 1.165) is 18.7 Å². The Balaban J connectivity index is 1.85. The third-order valence-electron chi connectivity index (χ3n) is 3.10. The van der Waals surface area contributed by atoms with Gasteiger partial charge in [-0.25, -0.2) is 0 Å². The molecule has 2 aromatic rings. The molecule has 2 heterocycles. The van der Waals surface area contributed by atoms with E-state index in [1.807, 2.05) is 24.0 Å². The van der Waals surface area contributed by atoms with Crippen LogP contribution in [0, 0.1) is 6.92 Å². The molecule has 0 spiro atoms. The predicted octanol–water partition coefficient (Wildman–Crippen LogP) is 2.02. The van der Waals surface area contributed by atoms with Gasteiger partial charge in [0.15, 0.2) is 0 Å². The lowest BCUT2D eigenvalue weighted by Gasteiger charge is -2.12. The first-order valence-corrected chi connectivity index (χ1v) is 6.29. The minimum atomic E-state index is 0.329. The van der Waals surface area contributed by atoms with E-state index in [0.29, 0.717) is 6.04 Å².